The summed E-state index contributed by atoms with van der Waals surface area (Å²) in [5.74, 6) is -0.920. The Morgan fingerprint density at radius 3 is 2.32 bits per heavy atom. The van der Waals surface area contributed by atoms with Crippen LogP contribution in [0.2, 0.25) is 0 Å². The van der Waals surface area contributed by atoms with Gasteiger partial charge in [0.15, 0.2) is 0 Å². The van der Waals surface area contributed by atoms with E-state index in [9.17, 15) is 4.79 Å². The molecule has 0 fully saturated rings. The van der Waals surface area contributed by atoms with Crippen LogP contribution in [0.5, 0.6) is 0 Å². The van der Waals surface area contributed by atoms with Crippen molar-refractivity contribution in [2.45, 2.75) is 27.2 Å². The number of rotatable bonds is 3. The molecular weight excluding hydrogens is 238 g/mol. The Kier molecular flexibility index (Phi) is 3.65. The number of benzene rings is 1. The van der Waals surface area contributed by atoms with Crippen LogP contribution in [0.4, 0.5) is 0 Å². The monoisotopic (exact) mass is 255 g/mol. The zero-order chi connectivity index (χ0) is 14.0. The van der Waals surface area contributed by atoms with Crippen molar-refractivity contribution >= 4 is 5.97 Å². The smallest absolute Gasteiger partial charge is 0.337 e. The first-order chi connectivity index (χ1) is 9.01. The highest BCUT2D eigenvalue weighted by Gasteiger charge is 2.11. The van der Waals surface area contributed by atoms with E-state index in [1.807, 2.05) is 20.8 Å². The summed E-state index contributed by atoms with van der Waals surface area (Å²) in [6, 6.07) is 9.65. The summed E-state index contributed by atoms with van der Waals surface area (Å²) in [6.45, 7) is 6.01. The van der Waals surface area contributed by atoms with Gasteiger partial charge >= 0.3 is 5.97 Å². The second kappa shape index (κ2) is 5.22. The van der Waals surface area contributed by atoms with Crippen molar-refractivity contribution in [3.63, 3.8) is 0 Å². The van der Waals surface area contributed by atoms with E-state index in [0.717, 1.165) is 11.3 Å². The van der Waals surface area contributed by atoms with Gasteiger partial charge in [-0.2, -0.15) is 0 Å². The summed E-state index contributed by atoms with van der Waals surface area (Å²) in [5, 5.41) is 9.11. The van der Waals surface area contributed by atoms with Crippen LogP contribution in [0.3, 0.4) is 0 Å². The highest BCUT2D eigenvalue weighted by molar-refractivity contribution is 5.89. The van der Waals surface area contributed by atoms with Crippen molar-refractivity contribution in [2.24, 2.45) is 0 Å². The summed E-state index contributed by atoms with van der Waals surface area (Å²) in [7, 11) is 0. The Balaban J connectivity index is 2.54. The van der Waals surface area contributed by atoms with Crippen molar-refractivity contribution in [3.05, 3.63) is 52.7 Å². The second-order valence-electron chi connectivity index (χ2n) is 4.73. The molecule has 0 radical (unpaired) electrons. The summed E-state index contributed by atoms with van der Waals surface area (Å²) in [5.41, 5.74) is 5.13. The number of nitrogens with zero attached hydrogens (tertiary/aromatic N) is 1. The normalized spacial score (nSPS) is 10.5. The van der Waals surface area contributed by atoms with Crippen LogP contribution in [0.15, 0.2) is 30.3 Å². The molecule has 0 aliphatic heterocycles. The van der Waals surface area contributed by atoms with Crippen molar-refractivity contribution in [2.75, 3.05) is 0 Å². The number of carboxylic acid groups (broad SMARTS) is 1. The highest BCUT2D eigenvalue weighted by atomic mass is 16.4. The van der Waals surface area contributed by atoms with Gasteiger partial charge in [-0.15, -0.1) is 0 Å². The Morgan fingerprint density at radius 1 is 1.16 bits per heavy atom. The van der Waals surface area contributed by atoms with Gasteiger partial charge in [-0.25, -0.2) is 4.79 Å². The average Bonchev–Trinajstić information content (AvgIpc) is 2.36. The van der Waals surface area contributed by atoms with Crippen LogP contribution in [0, 0.1) is 13.8 Å². The largest absolute Gasteiger partial charge is 0.478 e. The predicted molar refractivity (Wildman–Crippen MR) is 75.5 cm³/mol. The maximum absolute atomic E-state index is 11.1. The number of carboxylic acids is 1. The van der Waals surface area contributed by atoms with Crippen LogP contribution in [-0.4, -0.2) is 16.1 Å². The first-order valence-corrected chi connectivity index (χ1v) is 6.33. The Bertz CT molecular complexity index is 612. The van der Waals surface area contributed by atoms with E-state index in [4.69, 9.17) is 5.11 Å². The average molecular weight is 255 g/mol. The fraction of sp³-hybridized carbons (Fsp3) is 0.250. The van der Waals surface area contributed by atoms with Crippen LogP contribution < -0.4 is 0 Å². The Morgan fingerprint density at radius 2 is 1.79 bits per heavy atom. The summed E-state index contributed by atoms with van der Waals surface area (Å²) in [4.78, 5) is 15.6. The first-order valence-electron chi connectivity index (χ1n) is 6.33. The minimum atomic E-state index is -0.920. The summed E-state index contributed by atoms with van der Waals surface area (Å²) in [6.07, 6.45) is 0.611. The maximum Gasteiger partial charge on any atom is 0.337 e. The van der Waals surface area contributed by atoms with E-state index in [1.165, 1.54) is 11.1 Å². The molecule has 19 heavy (non-hydrogen) atoms. The molecule has 1 heterocycles. The lowest BCUT2D eigenvalue weighted by atomic mass is 10.0. The molecule has 3 heteroatoms. The van der Waals surface area contributed by atoms with Crippen molar-refractivity contribution < 1.29 is 9.90 Å². The minimum Gasteiger partial charge on any atom is -0.478 e. The van der Waals surface area contributed by atoms with Gasteiger partial charge in [0.05, 0.1) is 17.0 Å². The van der Waals surface area contributed by atoms with Crippen LogP contribution in [-0.2, 0) is 6.42 Å². The number of pyridine rings is 1. The standard InChI is InChI=1S/C16H17NO2/c1-4-14-13(16(18)19)5-6-15(17-14)12-8-10(2)7-11(3)9-12/h5-9H,4H2,1-3H3,(H,18,19). The molecule has 1 aromatic carbocycles. The SMILES string of the molecule is CCc1nc(-c2cc(C)cc(C)c2)ccc1C(=O)O. The number of carbonyl (C=O) groups is 1. The fourth-order valence-corrected chi connectivity index (χ4v) is 2.25. The molecule has 0 atom stereocenters. The molecule has 2 aromatic rings. The molecule has 0 saturated carbocycles. The number of hydrogen-bond donors (Lipinski definition) is 1. The lowest BCUT2D eigenvalue weighted by Crippen LogP contribution is -2.04. The molecule has 2 rings (SSSR count). The first kappa shape index (κ1) is 13.3. The Labute approximate surface area is 112 Å². The lowest BCUT2D eigenvalue weighted by Gasteiger charge is -2.08. The molecule has 0 amide bonds. The lowest BCUT2D eigenvalue weighted by molar-refractivity contribution is 0.0695. The molecule has 3 nitrogen and oxygen atoms in total. The van der Waals surface area contributed by atoms with Crippen molar-refractivity contribution in [1.29, 1.82) is 0 Å². The molecule has 0 aliphatic rings. The van der Waals surface area contributed by atoms with Gasteiger partial charge in [0.25, 0.3) is 0 Å². The van der Waals surface area contributed by atoms with Gasteiger partial charge in [-0.1, -0.05) is 24.1 Å². The number of aromatic nitrogens is 1. The minimum absolute atomic E-state index is 0.288. The fourth-order valence-electron chi connectivity index (χ4n) is 2.25. The topological polar surface area (TPSA) is 50.2 Å². The van der Waals surface area contributed by atoms with Gasteiger partial charge in [0, 0.05) is 5.56 Å². The molecule has 1 N–H and O–H groups in total. The quantitative estimate of drug-likeness (QED) is 0.911. The van der Waals surface area contributed by atoms with E-state index in [0.29, 0.717) is 12.1 Å². The van der Waals surface area contributed by atoms with E-state index in [1.54, 1.807) is 12.1 Å². The van der Waals surface area contributed by atoms with Crippen molar-refractivity contribution in [3.8, 4) is 11.3 Å². The maximum atomic E-state index is 11.1. The summed E-state index contributed by atoms with van der Waals surface area (Å²) < 4.78 is 0. The van der Waals surface area contributed by atoms with Gasteiger partial charge in [0.2, 0.25) is 0 Å². The molecule has 0 spiro atoms. The number of aromatic carboxylic acids is 1. The third-order valence-corrected chi connectivity index (χ3v) is 3.06. The molecule has 0 unspecified atom stereocenters. The number of aryl methyl sites for hydroxylation is 3. The molecule has 0 bridgehead atoms. The highest BCUT2D eigenvalue weighted by Crippen LogP contribution is 2.22. The summed E-state index contributed by atoms with van der Waals surface area (Å²) >= 11 is 0. The van der Waals surface area contributed by atoms with Crippen LogP contribution >= 0.6 is 0 Å². The molecular formula is C16H17NO2. The van der Waals surface area contributed by atoms with E-state index >= 15 is 0 Å². The Hall–Kier alpha value is -2.16. The van der Waals surface area contributed by atoms with Gasteiger partial charge in [-0.3, -0.25) is 4.98 Å². The zero-order valence-electron chi connectivity index (χ0n) is 11.4. The van der Waals surface area contributed by atoms with E-state index in [-0.39, 0.29) is 5.56 Å². The third-order valence-electron chi connectivity index (χ3n) is 3.06. The van der Waals surface area contributed by atoms with E-state index in [2.05, 4.69) is 23.2 Å². The van der Waals surface area contributed by atoms with Gasteiger partial charge < -0.3 is 5.11 Å². The molecule has 98 valence electrons. The third kappa shape index (κ3) is 2.81. The van der Waals surface area contributed by atoms with Crippen LogP contribution in [0.25, 0.3) is 11.3 Å². The predicted octanol–water partition coefficient (Wildman–Crippen LogP) is 3.63. The van der Waals surface area contributed by atoms with Crippen LogP contribution in [0.1, 0.15) is 34.1 Å². The molecule has 1 aromatic heterocycles. The van der Waals surface area contributed by atoms with Crippen molar-refractivity contribution in [1.82, 2.24) is 4.98 Å². The molecule has 0 aliphatic carbocycles. The number of hydrogen-bond acceptors (Lipinski definition) is 2. The molecule has 0 saturated heterocycles. The van der Waals surface area contributed by atoms with E-state index < -0.39 is 5.97 Å². The van der Waals surface area contributed by atoms with Gasteiger partial charge in [0.1, 0.15) is 0 Å². The zero-order valence-corrected chi connectivity index (χ0v) is 11.4. The van der Waals surface area contributed by atoms with Gasteiger partial charge in [-0.05, 0) is 44.5 Å². The second-order valence-corrected chi connectivity index (χ2v) is 4.73.